The summed E-state index contributed by atoms with van der Waals surface area (Å²) in [4.78, 5) is 13.4. The summed E-state index contributed by atoms with van der Waals surface area (Å²) in [5, 5.41) is 7.85. The van der Waals surface area contributed by atoms with Crippen LogP contribution in [0.15, 0.2) is 30.7 Å². The van der Waals surface area contributed by atoms with Gasteiger partial charge in [0.05, 0.1) is 23.3 Å². The first-order valence-corrected chi connectivity index (χ1v) is 12.0. The van der Waals surface area contributed by atoms with Crippen LogP contribution in [0.25, 0.3) is 27.8 Å². The molecular weight excluding hydrogens is 478 g/mol. The molecule has 0 amide bonds. The van der Waals surface area contributed by atoms with Crippen LogP contribution in [0.3, 0.4) is 0 Å². The van der Waals surface area contributed by atoms with Crippen molar-refractivity contribution in [2.75, 3.05) is 5.32 Å². The molecule has 4 aromatic heterocycles. The van der Waals surface area contributed by atoms with Gasteiger partial charge in [0, 0.05) is 48.4 Å². The molecule has 0 spiro atoms. The van der Waals surface area contributed by atoms with Gasteiger partial charge in [-0.2, -0.15) is 8.78 Å². The van der Waals surface area contributed by atoms with Crippen LogP contribution in [0.4, 0.5) is 23.5 Å². The van der Waals surface area contributed by atoms with Crippen LogP contribution in [-0.4, -0.2) is 53.8 Å². The molecule has 2 aliphatic carbocycles. The number of anilines is 1. The molecule has 190 valence electrons. The van der Waals surface area contributed by atoms with E-state index < -0.39 is 18.6 Å². The molecule has 8 nitrogen and oxygen atoms in total. The first-order chi connectivity index (χ1) is 17.3. The first kappa shape index (κ1) is 23.1. The average Bonchev–Trinajstić information content (AvgIpc) is 3.37. The lowest BCUT2D eigenvalue weighted by atomic mass is 9.87. The number of fused-ring (bicyclic) bond motifs is 2. The molecule has 0 aromatic carbocycles. The van der Waals surface area contributed by atoms with Crippen molar-refractivity contribution in [1.29, 1.82) is 0 Å². The van der Waals surface area contributed by atoms with Gasteiger partial charge in [-0.05, 0) is 44.7 Å². The number of ether oxygens (including phenoxy) is 1. The van der Waals surface area contributed by atoms with Gasteiger partial charge < -0.3 is 14.6 Å². The molecule has 0 atom stereocenters. The number of alkyl halides is 4. The third-order valence-corrected chi connectivity index (χ3v) is 7.19. The number of nitrogens with zero attached hydrogens (tertiary/aromatic N) is 6. The lowest BCUT2D eigenvalue weighted by molar-refractivity contribution is -0.169. The number of aromatic nitrogens is 6. The molecule has 0 saturated heterocycles. The number of imidazole rings is 1. The lowest BCUT2D eigenvalue weighted by Crippen LogP contribution is -2.37. The maximum absolute atomic E-state index is 13.5. The van der Waals surface area contributed by atoms with Crippen molar-refractivity contribution in [3.63, 3.8) is 0 Å². The second kappa shape index (κ2) is 8.68. The fourth-order valence-electron chi connectivity index (χ4n) is 5.39. The van der Waals surface area contributed by atoms with Gasteiger partial charge in [0.15, 0.2) is 5.65 Å². The van der Waals surface area contributed by atoms with E-state index in [0.29, 0.717) is 43.1 Å². The minimum atomic E-state index is -2.74. The van der Waals surface area contributed by atoms with Crippen LogP contribution in [0, 0.1) is 6.92 Å². The molecule has 0 unspecified atom stereocenters. The summed E-state index contributed by atoms with van der Waals surface area (Å²) in [6.45, 7) is -0.927. The Balaban J connectivity index is 1.22. The minimum absolute atomic E-state index is 0.0871. The smallest absolute Gasteiger partial charge is 0.345 e. The molecule has 6 rings (SSSR count). The van der Waals surface area contributed by atoms with Crippen molar-refractivity contribution < 1.29 is 22.3 Å². The highest BCUT2D eigenvalue weighted by molar-refractivity contribution is 5.85. The van der Waals surface area contributed by atoms with E-state index in [1.54, 1.807) is 16.9 Å². The number of rotatable bonds is 6. The van der Waals surface area contributed by atoms with Crippen molar-refractivity contribution in [2.45, 2.75) is 76.2 Å². The van der Waals surface area contributed by atoms with Gasteiger partial charge in [-0.3, -0.25) is 0 Å². The van der Waals surface area contributed by atoms with Crippen LogP contribution >= 0.6 is 0 Å². The predicted molar refractivity (Wildman–Crippen MR) is 124 cm³/mol. The van der Waals surface area contributed by atoms with Gasteiger partial charge in [-0.25, -0.2) is 28.2 Å². The van der Waals surface area contributed by atoms with E-state index in [1.165, 1.54) is 0 Å². The number of nitrogens with one attached hydrogen (secondary N) is 1. The molecule has 2 saturated carbocycles. The summed E-state index contributed by atoms with van der Waals surface area (Å²) in [6.07, 6.45) is 6.97. The zero-order valence-corrected chi connectivity index (χ0v) is 19.5. The topological polar surface area (TPSA) is 82.2 Å². The molecule has 1 N–H and O–H groups in total. The molecule has 2 fully saturated rings. The first-order valence-electron chi connectivity index (χ1n) is 12.0. The maximum atomic E-state index is 13.5. The van der Waals surface area contributed by atoms with Gasteiger partial charge in [0.2, 0.25) is 5.95 Å². The molecule has 0 aliphatic heterocycles. The highest BCUT2D eigenvalue weighted by atomic mass is 19.3. The Labute approximate surface area is 203 Å². The second-order valence-electron chi connectivity index (χ2n) is 9.67. The molecule has 4 heterocycles. The van der Waals surface area contributed by atoms with E-state index in [9.17, 15) is 17.6 Å². The Morgan fingerprint density at radius 2 is 1.86 bits per heavy atom. The third-order valence-electron chi connectivity index (χ3n) is 7.19. The maximum Gasteiger partial charge on any atom is 0.345 e. The molecule has 0 radical (unpaired) electrons. The Kier molecular flexibility index (Phi) is 5.58. The molecular formula is C24H25F4N7O. The number of hydrogen-bond acceptors (Lipinski definition) is 6. The van der Waals surface area contributed by atoms with Crippen molar-refractivity contribution >= 4 is 22.6 Å². The van der Waals surface area contributed by atoms with Crippen LogP contribution < -0.4 is 5.32 Å². The Hall–Kier alpha value is -3.28. The highest BCUT2D eigenvalue weighted by Crippen LogP contribution is 2.47. The zero-order valence-electron chi connectivity index (χ0n) is 19.5. The van der Waals surface area contributed by atoms with E-state index in [-0.39, 0.29) is 24.9 Å². The van der Waals surface area contributed by atoms with Crippen LogP contribution in [0.1, 0.15) is 50.4 Å². The van der Waals surface area contributed by atoms with Gasteiger partial charge in [-0.1, -0.05) is 0 Å². The highest BCUT2D eigenvalue weighted by Gasteiger charge is 2.47. The van der Waals surface area contributed by atoms with E-state index in [2.05, 4.69) is 30.1 Å². The van der Waals surface area contributed by atoms with E-state index in [0.717, 1.165) is 22.2 Å². The standard InChI is InChI=1S/C24H25F4N7O/c1-13-31-21-19(35(13)16-9-24(27,28)10-16)8-14(11-29-21)18-6-7-34-20(18)12-30-23(33-34)32-15-2-4-17(5-3-15)36-22(25)26/h6-8,11-12,15-17,22H,2-5,9-10H2,1H3,(H,32,33). The summed E-state index contributed by atoms with van der Waals surface area (Å²) < 4.78 is 60.1. The van der Waals surface area contributed by atoms with Crippen LogP contribution in [0.5, 0.6) is 0 Å². The summed E-state index contributed by atoms with van der Waals surface area (Å²) in [7, 11) is 0. The van der Waals surface area contributed by atoms with Crippen LogP contribution in [-0.2, 0) is 4.74 Å². The quantitative estimate of drug-likeness (QED) is 0.356. The van der Waals surface area contributed by atoms with Gasteiger partial charge in [0.25, 0.3) is 5.92 Å². The van der Waals surface area contributed by atoms with E-state index >= 15 is 0 Å². The fourth-order valence-corrected chi connectivity index (χ4v) is 5.39. The number of aryl methyl sites for hydroxylation is 1. The van der Waals surface area contributed by atoms with E-state index in [1.807, 2.05) is 29.8 Å². The van der Waals surface area contributed by atoms with Crippen molar-refractivity contribution in [1.82, 2.24) is 29.1 Å². The minimum Gasteiger partial charge on any atom is -0.350 e. The van der Waals surface area contributed by atoms with Gasteiger partial charge in [-0.15, -0.1) is 5.10 Å². The fraction of sp³-hybridized carbons (Fsp3) is 0.500. The van der Waals surface area contributed by atoms with E-state index in [4.69, 9.17) is 0 Å². The van der Waals surface area contributed by atoms with Gasteiger partial charge >= 0.3 is 6.61 Å². The monoisotopic (exact) mass is 503 g/mol. The Morgan fingerprint density at radius 3 is 2.58 bits per heavy atom. The summed E-state index contributed by atoms with van der Waals surface area (Å²) in [6, 6.07) is 3.64. The van der Waals surface area contributed by atoms with Crippen LogP contribution in [0.2, 0.25) is 0 Å². The SMILES string of the molecule is Cc1nc2ncc(-c3ccn4nc(NC5CCC(OC(F)F)CC5)ncc34)cc2n1C1CC(F)(F)C1. The molecule has 0 bridgehead atoms. The summed E-state index contributed by atoms with van der Waals surface area (Å²) >= 11 is 0. The number of hydrogen-bond donors (Lipinski definition) is 1. The number of halogens is 4. The van der Waals surface area contributed by atoms with Gasteiger partial charge in [0.1, 0.15) is 5.82 Å². The number of pyridine rings is 1. The molecule has 2 aliphatic rings. The Morgan fingerprint density at radius 1 is 1.08 bits per heavy atom. The molecule has 4 aromatic rings. The van der Waals surface area contributed by atoms with Crippen molar-refractivity contribution in [3.05, 3.63) is 36.5 Å². The van der Waals surface area contributed by atoms with Crippen molar-refractivity contribution in [3.8, 4) is 11.1 Å². The second-order valence-corrected chi connectivity index (χ2v) is 9.67. The average molecular weight is 504 g/mol. The summed E-state index contributed by atoms with van der Waals surface area (Å²) in [5.74, 6) is -1.50. The molecule has 36 heavy (non-hydrogen) atoms. The third kappa shape index (κ3) is 4.27. The summed E-state index contributed by atoms with van der Waals surface area (Å²) in [5.41, 5.74) is 3.72. The lowest BCUT2D eigenvalue weighted by Gasteiger charge is -2.36. The predicted octanol–water partition coefficient (Wildman–Crippen LogP) is 5.38. The largest absolute Gasteiger partial charge is 0.350 e. The zero-order chi connectivity index (χ0) is 25.0. The molecule has 12 heteroatoms. The normalized spacial score (nSPS) is 22.4. The Bertz CT molecular complexity index is 1400. The van der Waals surface area contributed by atoms with Crippen molar-refractivity contribution in [2.24, 2.45) is 0 Å².